The van der Waals surface area contributed by atoms with Gasteiger partial charge in [-0.3, -0.25) is 0 Å². The Bertz CT molecular complexity index is 949. The monoisotopic (exact) mass is 388 g/mol. The van der Waals surface area contributed by atoms with Crippen molar-refractivity contribution in [2.45, 2.75) is 38.1 Å². The van der Waals surface area contributed by atoms with Crippen LogP contribution >= 0.6 is 0 Å². The third kappa shape index (κ3) is 4.22. The molecule has 28 heavy (non-hydrogen) atoms. The number of nitrogens with zero attached hydrogens (tertiary/aromatic N) is 4. The first-order valence-corrected chi connectivity index (χ1v) is 9.10. The largest absolute Gasteiger partial charge is 0.416 e. The van der Waals surface area contributed by atoms with Crippen LogP contribution in [0.25, 0.3) is 11.4 Å². The van der Waals surface area contributed by atoms with Crippen molar-refractivity contribution in [3.63, 3.8) is 0 Å². The average Bonchev–Trinajstić information content (AvgIpc) is 3.42. The minimum atomic E-state index is -4.34. The number of hydrogen-bond acceptors (Lipinski definition) is 4. The first-order chi connectivity index (χ1) is 13.4. The molecule has 0 amide bonds. The molecule has 0 spiro atoms. The van der Waals surface area contributed by atoms with Crippen molar-refractivity contribution >= 4 is 0 Å². The van der Waals surface area contributed by atoms with Crippen molar-refractivity contribution < 1.29 is 18.3 Å². The predicted molar refractivity (Wildman–Crippen MR) is 96.2 cm³/mol. The van der Waals surface area contributed by atoms with Gasteiger partial charge in [-0.25, -0.2) is 0 Å². The number of aromatic nitrogens is 4. The molecule has 0 aliphatic heterocycles. The zero-order valence-electron chi connectivity index (χ0n) is 15.0. The second-order valence-electron chi connectivity index (χ2n) is 7.10. The molecule has 1 aliphatic rings. The maximum atomic E-state index is 12.7. The van der Waals surface area contributed by atoms with Crippen LogP contribution in [0.3, 0.4) is 0 Å². The summed E-state index contributed by atoms with van der Waals surface area (Å²) in [4.78, 5) is 1.40. The fourth-order valence-electron chi connectivity index (χ4n) is 3.15. The van der Waals surface area contributed by atoms with E-state index in [-0.39, 0.29) is 0 Å². The van der Waals surface area contributed by atoms with Gasteiger partial charge in [-0.2, -0.15) is 18.0 Å². The highest BCUT2D eigenvalue weighted by molar-refractivity contribution is 5.60. The second-order valence-corrected chi connectivity index (χ2v) is 7.10. The lowest BCUT2D eigenvalue weighted by molar-refractivity contribution is -0.137. The van der Waals surface area contributed by atoms with E-state index in [2.05, 4.69) is 15.4 Å². The second kappa shape index (κ2) is 7.35. The lowest BCUT2D eigenvalue weighted by Gasteiger charge is -2.09. The van der Waals surface area contributed by atoms with Gasteiger partial charge in [0.05, 0.1) is 18.2 Å². The Kier molecular flexibility index (Phi) is 4.89. The van der Waals surface area contributed by atoms with Crippen LogP contribution in [0, 0.1) is 5.92 Å². The van der Waals surface area contributed by atoms with E-state index in [1.54, 1.807) is 0 Å². The highest BCUT2D eigenvalue weighted by atomic mass is 19.4. The molecule has 0 saturated heterocycles. The van der Waals surface area contributed by atoms with Crippen LogP contribution < -0.4 is 0 Å². The smallest absolute Gasteiger partial charge is 0.391 e. The summed E-state index contributed by atoms with van der Waals surface area (Å²) in [5.74, 6) is 0.756. The van der Waals surface area contributed by atoms with Crippen molar-refractivity contribution in [2.24, 2.45) is 5.92 Å². The van der Waals surface area contributed by atoms with Crippen LogP contribution in [0.15, 0.2) is 48.5 Å². The van der Waals surface area contributed by atoms with E-state index in [1.807, 2.05) is 24.3 Å². The first-order valence-electron chi connectivity index (χ1n) is 9.10. The summed E-state index contributed by atoms with van der Waals surface area (Å²) in [5.41, 5.74) is 1.76. The molecule has 1 N–H and O–H groups in total. The number of aliphatic hydroxyl groups excluding tert-OH is 1. The standard InChI is InChI=1S/C20H19F3N4O/c21-20(22,23)16-9-5-13(6-10-16)11-15-3-1-2-4-17(15)19-24-26-27(25-19)12-18(28)14-7-8-14/h1-6,9-10,14,18,28H,7-8,11-12H2. The quantitative estimate of drug-likeness (QED) is 0.699. The third-order valence-corrected chi connectivity index (χ3v) is 4.90. The number of tetrazole rings is 1. The number of rotatable bonds is 6. The summed E-state index contributed by atoms with van der Waals surface area (Å²) >= 11 is 0. The predicted octanol–water partition coefficient (Wildman–Crippen LogP) is 3.72. The molecular formula is C20H19F3N4O. The molecule has 0 bridgehead atoms. The van der Waals surface area contributed by atoms with Crippen LogP contribution in [-0.4, -0.2) is 31.4 Å². The van der Waals surface area contributed by atoms with E-state index >= 15 is 0 Å². The Morgan fingerprint density at radius 1 is 1.07 bits per heavy atom. The fraction of sp³-hybridized carbons (Fsp3) is 0.350. The molecule has 1 unspecified atom stereocenters. The number of benzene rings is 2. The number of aliphatic hydroxyl groups is 1. The van der Waals surface area contributed by atoms with Crippen LogP contribution in [0.1, 0.15) is 29.5 Å². The number of halogens is 3. The summed E-state index contributed by atoms with van der Waals surface area (Å²) < 4.78 is 38.2. The van der Waals surface area contributed by atoms with Gasteiger partial charge in [0.2, 0.25) is 5.82 Å². The van der Waals surface area contributed by atoms with Gasteiger partial charge < -0.3 is 5.11 Å². The van der Waals surface area contributed by atoms with Crippen LogP contribution in [0.2, 0.25) is 0 Å². The van der Waals surface area contributed by atoms with Crippen molar-refractivity contribution in [2.75, 3.05) is 0 Å². The van der Waals surface area contributed by atoms with E-state index in [4.69, 9.17) is 0 Å². The molecule has 1 heterocycles. The van der Waals surface area contributed by atoms with Crippen molar-refractivity contribution in [1.29, 1.82) is 0 Å². The zero-order chi connectivity index (χ0) is 19.7. The lowest BCUT2D eigenvalue weighted by Crippen LogP contribution is -2.19. The molecule has 4 rings (SSSR count). The van der Waals surface area contributed by atoms with E-state index < -0.39 is 17.8 Å². The minimum absolute atomic E-state index is 0.304. The first kappa shape index (κ1) is 18.6. The Balaban J connectivity index is 1.53. The molecule has 1 aliphatic carbocycles. The molecule has 146 valence electrons. The van der Waals surface area contributed by atoms with Crippen LogP contribution in [0.5, 0.6) is 0 Å². The van der Waals surface area contributed by atoms with Gasteiger partial charge in [-0.1, -0.05) is 36.4 Å². The van der Waals surface area contributed by atoms with Crippen molar-refractivity contribution in [1.82, 2.24) is 20.2 Å². The van der Waals surface area contributed by atoms with Crippen LogP contribution in [0.4, 0.5) is 13.2 Å². The molecular weight excluding hydrogens is 369 g/mol. The summed E-state index contributed by atoms with van der Waals surface area (Å²) in [5, 5.41) is 22.5. The maximum Gasteiger partial charge on any atom is 0.416 e. The van der Waals surface area contributed by atoms with Gasteiger partial charge in [0.25, 0.3) is 0 Å². The number of alkyl halides is 3. The third-order valence-electron chi connectivity index (χ3n) is 4.90. The highest BCUT2D eigenvalue weighted by Gasteiger charge is 2.31. The topological polar surface area (TPSA) is 63.8 Å². The van der Waals surface area contributed by atoms with Crippen molar-refractivity contribution in [3.8, 4) is 11.4 Å². The molecule has 3 aromatic rings. The summed E-state index contributed by atoms with van der Waals surface area (Å²) in [7, 11) is 0. The molecule has 1 fully saturated rings. The Morgan fingerprint density at radius 2 is 1.79 bits per heavy atom. The van der Waals surface area contributed by atoms with E-state index in [0.29, 0.717) is 24.7 Å². The van der Waals surface area contributed by atoms with Gasteiger partial charge in [0.1, 0.15) is 0 Å². The molecule has 2 aromatic carbocycles. The fourth-order valence-corrected chi connectivity index (χ4v) is 3.15. The van der Waals surface area contributed by atoms with Crippen molar-refractivity contribution in [3.05, 3.63) is 65.2 Å². The lowest BCUT2D eigenvalue weighted by atomic mass is 9.98. The van der Waals surface area contributed by atoms with E-state index in [9.17, 15) is 18.3 Å². The number of hydrogen-bond donors (Lipinski definition) is 1. The van der Waals surface area contributed by atoms with E-state index in [1.165, 1.54) is 16.9 Å². The summed E-state index contributed by atoms with van der Waals surface area (Å²) in [6, 6.07) is 12.6. The highest BCUT2D eigenvalue weighted by Crippen LogP contribution is 2.33. The average molecular weight is 388 g/mol. The molecule has 1 saturated carbocycles. The SMILES string of the molecule is OC(Cn1nnc(-c2ccccc2Cc2ccc(C(F)(F)F)cc2)n1)C1CC1. The molecule has 5 nitrogen and oxygen atoms in total. The molecule has 1 aromatic heterocycles. The van der Waals surface area contributed by atoms with Gasteiger partial charge in [0.15, 0.2) is 0 Å². The normalized spacial score (nSPS) is 15.6. The Morgan fingerprint density at radius 3 is 2.46 bits per heavy atom. The molecule has 0 radical (unpaired) electrons. The van der Waals surface area contributed by atoms with Gasteiger partial charge in [0, 0.05) is 5.56 Å². The molecule has 8 heteroatoms. The summed E-state index contributed by atoms with van der Waals surface area (Å²) in [6.07, 6.45) is -2.31. The Hall–Kier alpha value is -2.74. The summed E-state index contributed by atoms with van der Waals surface area (Å²) in [6.45, 7) is 0.304. The van der Waals surface area contributed by atoms with Crippen LogP contribution in [-0.2, 0) is 19.1 Å². The minimum Gasteiger partial charge on any atom is -0.391 e. The van der Waals surface area contributed by atoms with Gasteiger partial charge >= 0.3 is 6.18 Å². The zero-order valence-corrected chi connectivity index (χ0v) is 15.0. The van der Waals surface area contributed by atoms with Gasteiger partial charge in [-0.15, -0.1) is 10.2 Å². The van der Waals surface area contributed by atoms with E-state index in [0.717, 1.165) is 41.7 Å². The maximum absolute atomic E-state index is 12.7. The van der Waals surface area contributed by atoms with Gasteiger partial charge in [-0.05, 0) is 53.7 Å². The molecule has 1 atom stereocenters. The Labute approximate surface area is 159 Å².